The van der Waals surface area contributed by atoms with Gasteiger partial charge < -0.3 is 9.72 Å². The number of halogens is 1. The summed E-state index contributed by atoms with van der Waals surface area (Å²) in [6.45, 7) is 4.43. The summed E-state index contributed by atoms with van der Waals surface area (Å²) in [6, 6.07) is 9.46. The van der Waals surface area contributed by atoms with Gasteiger partial charge in [-0.15, -0.1) is 0 Å². The maximum absolute atomic E-state index is 11.9. The Labute approximate surface area is 126 Å². The number of H-pyrrole nitrogens is 1. The van der Waals surface area contributed by atoms with Crippen LogP contribution in [0.25, 0.3) is 0 Å². The van der Waals surface area contributed by atoms with E-state index in [-0.39, 0.29) is 12.2 Å². The minimum absolute atomic E-state index is 0.165. The number of nitrogens with one attached hydrogen (secondary N) is 1. The van der Waals surface area contributed by atoms with E-state index in [9.17, 15) is 4.79 Å². The van der Waals surface area contributed by atoms with Crippen molar-refractivity contribution < 1.29 is 4.74 Å². The lowest BCUT2D eigenvalue weighted by Gasteiger charge is -2.09. The molecule has 0 radical (unpaired) electrons. The molecular weight excluding hydrogens is 320 g/mol. The molecule has 0 amide bonds. The maximum atomic E-state index is 11.9. The van der Waals surface area contributed by atoms with Gasteiger partial charge in [0.15, 0.2) is 0 Å². The standard InChI is InChI=1S/C15H17BrN2O2/c1-10(2)8-12-14(16)15(19)18-13(17-12)9-20-11-6-4-3-5-7-11/h3-7,10H,8-9H2,1-2H3,(H,17,18,19). The smallest absolute Gasteiger partial charge is 0.265 e. The topological polar surface area (TPSA) is 55.0 Å². The summed E-state index contributed by atoms with van der Waals surface area (Å²) in [5, 5.41) is 0. The average molecular weight is 337 g/mol. The van der Waals surface area contributed by atoms with Crippen molar-refractivity contribution in [2.24, 2.45) is 5.92 Å². The highest BCUT2D eigenvalue weighted by atomic mass is 79.9. The quantitative estimate of drug-likeness (QED) is 0.911. The molecule has 0 saturated carbocycles. The molecule has 106 valence electrons. The highest BCUT2D eigenvalue weighted by molar-refractivity contribution is 9.10. The third-order valence-electron chi connectivity index (χ3n) is 2.70. The van der Waals surface area contributed by atoms with Gasteiger partial charge in [-0.3, -0.25) is 4.79 Å². The Morgan fingerprint density at radius 1 is 1.30 bits per heavy atom. The van der Waals surface area contributed by atoms with Crippen LogP contribution >= 0.6 is 15.9 Å². The van der Waals surface area contributed by atoms with Gasteiger partial charge in [0, 0.05) is 0 Å². The van der Waals surface area contributed by atoms with Gasteiger partial charge in [0.1, 0.15) is 22.7 Å². The molecule has 1 N–H and O–H groups in total. The lowest BCUT2D eigenvalue weighted by atomic mass is 10.1. The summed E-state index contributed by atoms with van der Waals surface area (Å²) in [5.41, 5.74) is 0.609. The number of aromatic amines is 1. The highest BCUT2D eigenvalue weighted by Crippen LogP contribution is 2.15. The minimum atomic E-state index is -0.165. The van der Waals surface area contributed by atoms with E-state index in [0.29, 0.717) is 16.2 Å². The van der Waals surface area contributed by atoms with Gasteiger partial charge in [-0.1, -0.05) is 32.0 Å². The van der Waals surface area contributed by atoms with E-state index in [1.54, 1.807) is 0 Å². The number of hydrogen-bond donors (Lipinski definition) is 1. The second kappa shape index (κ2) is 6.70. The van der Waals surface area contributed by atoms with E-state index in [4.69, 9.17) is 4.74 Å². The number of hydrogen-bond acceptors (Lipinski definition) is 3. The molecule has 0 fully saturated rings. The fraction of sp³-hybridized carbons (Fsp3) is 0.333. The fourth-order valence-corrected chi connectivity index (χ4v) is 2.17. The summed E-state index contributed by atoms with van der Waals surface area (Å²) < 4.78 is 6.11. The van der Waals surface area contributed by atoms with Crippen molar-refractivity contribution in [1.82, 2.24) is 9.97 Å². The van der Waals surface area contributed by atoms with Crippen LogP contribution < -0.4 is 10.3 Å². The minimum Gasteiger partial charge on any atom is -0.486 e. The zero-order valence-electron chi connectivity index (χ0n) is 11.5. The second-order valence-electron chi connectivity index (χ2n) is 4.97. The second-order valence-corrected chi connectivity index (χ2v) is 5.77. The van der Waals surface area contributed by atoms with Crippen molar-refractivity contribution >= 4 is 15.9 Å². The maximum Gasteiger partial charge on any atom is 0.265 e. The molecule has 0 bridgehead atoms. The number of nitrogens with zero attached hydrogens (tertiary/aromatic N) is 1. The largest absolute Gasteiger partial charge is 0.486 e. The van der Waals surface area contributed by atoms with E-state index in [1.807, 2.05) is 30.3 Å². The van der Waals surface area contributed by atoms with E-state index >= 15 is 0 Å². The number of ether oxygens (including phenoxy) is 1. The summed E-state index contributed by atoms with van der Waals surface area (Å²) in [4.78, 5) is 19.0. The Bertz CT molecular complexity index is 624. The molecule has 0 spiro atoms. The molecule has 0 unspecified atom stereocenters. The first-order valence-corrected chi connectivity index (χ1v) is 7.31. The zero-order chi connectivity index (χ0) is 14.5. The predicted molar refractivity (Wildman–Crippen MR) is 81.9 cm³/mol. The first-order chi connectivity index (χ1) is 9.56. The molecule has 4 nitrogen and oxygen atoms in total. The van der Waals surface area contributed by atoms with E-state index in [2.05, 4.69) is 39.7 Å². The zero-order valence-corrected chi connectivity index (χ0v) is 13.1. The van der Waals surface area contributed by atoms with Gasteiger partial charge in [-0.25, -0.2) is 4.98 Å². The van der Waals surface area contributed by atoms with Gasteiger partial charge in [0.25, 0.3) is 5.56 Å². The summed E-state index contributed by atoms with van der Waals surface area (Å²) >= 11 is 3.29. The first-order valence-electron chi connectivity index (χ1n) is 6.51. The molecule has 0 aliphatic rings. The SMILES string of the molecule is CC(C)Cc1nc(COc2ccccc2)[nH]c(=O)c1Br. The number of rotatable bonds is 5. The van der Waals surface area contributed by atoms with E-state index in [1.165, 1.54) is 0 Å². The van der Waals surface area contributed by atoms with Gasteiger partial charge >= 0.3 is 0 Å². The van der Waals surface area contributed by atoms with Crippen LogP contribution in [-0.4, -0.2) is 9.97 Å². The molecule has 1 aromatic heterocycles. The Balaban J connectivity index is 2.16. The van der Waals surface area contributed by atoms with E-state index < -0.39 is 0 Å². The Morgan fingerprint density at radius 3 is 2.65 bits per heavy atom. The molecule has 2 aromatic rings. The van der Waals surface area contributed by atoms with Crippen LogP contribution in [0.4, 0.5) is 0 Å². The van der Waals surface area contributed by atoms with Crippen LogP contribution in [0.15, 0.2) is 39.6 Å². The van der Waals surface area contributed by atoms with Crippen LogP contribution in [0, 0.1) is 5.92 Å². The molecule has 0 saturated heterocycles. The summed E-state index contributed by atoms with van der Waals surface area (Å²) in [5.74, 6) is 1.73. The first kappa shape index (κ1) is 14.8. The Morgan fingerprint density at radius 2 is 2.00 bits per heavy atom. The summed E-state index contributed by atoms with van der Waals surface area (Å²) in [6.07, 6.45) is 0.753. The lowest BCUT2D eigenvalue weighted by Crippen LogP contribution is -2.18. The molecule has 0 atom stereocenters. The molecule has 0 aliphatic heterocycles. The van der Waals surface area contributed by atoms with Crippen molar-refractivity contribution in [3.63, 3.8) is 0 Å². The third-order valence-corrected chi connectivity index (χ3v) is 3.52. The van der Waals surface area contributed by atoms with Crippen molar-refractivity contribution in [3.05, 3.63) is 56.7 Å². The van der Waals surface area contributed by atoms with Crippen LogP contribution in [0.5, 0.6) is 5.75 Å². The van der Waals surface area contributed by atoms with Gasteiger partial charge in [-0.05, 0) is 40.4 Å². The van der Waals surface area contributed by atoms with Crippen LogP contribution in [-0.2, 0) is 13.0 Å². The fourth-order valence-electron chi connectivity index (χ4n) is 1.82. The van der Waals surface area contributed by atoms with Crippen LogP contribution in [0.3, 0.4) is 0 Å². The van der Waals surface area contributed by atoms with Crippen LogP contribution in [0.2, 0.25) is 0 Å². The number of para-hydroxylation sites is 1. The van der Waals surface area contributed by atoms with Crippen molar-refractivity contribution in [3.8, 4) is 5.75 Å². The molecule has 1 heterocycles. The molecule has 0 aliphatic carbocycles. The van der Waals surface area contributed by atoms with E-state index in [0.717, 1.165) is 17.9 Å². The third kappa shape index (κ3) is 3.93. The number of benzene rings is 1. The van der Waals surface area contributed by atoms with Crippen molar-refractivity contribution in [2.75, 3.05) is 0 Å². The molecule has 2 rings (SSSR count). The van der Waals surface area contributed by atoms with Crippen molar-refractivity contribution in [1.29, 1.82) is 0 Å². The predicted octanol–water partition coefficient (Wildman–Crippen LogP) is 3.31. The van der Waals surface area contributed by atoms with Crippen molar-refractivity contribution in [2.45, 2.75) is 26.9 Å². The Kier molecular flexibility index (Phi) is 4.95. The monoisotopic (exact) mass is 336 g/mol. The highest BCUT2D eigenvalue weighted by Gasteiger charge is 2.11. The van der Waals surface area contributed by atoms with Gasteiger partial charge in [0.2, 0.25) is 0 Å². The Hall–Kier alpha value is -1.62. The molecule has 20 heavy (non-hydrogen) atoms. The van der Waals surface area contributed by atoms with Crippen LogP contribution in [0.1, 0.15) is 25.4 Å². The summed E-state index contributed by atoms with van der Waals surface area (Å²) in [7, 11) is 0. The van der Waals surface area contributed by atoms with Gasteiger partial charge in [-0.2, -0.15) is 0 Å². The molecule has 5 heteroatoms. The number of aromatic nitrogens is 2. The molecular formula is C15H17BrN2O2. The van der Waals surface area contributed by atoms with Gasteiger partial charge in [0.05, 0.1) is 5.69 Å². The lowest BCUT2D eigenvalue weighted by molar-refractivity contribution is 0.294. The normalized spacial score (nSPS) is 10.8. The average Bonchev–Trinajstić information content (AvgIpc) is 2.42. The molecule has 1 aromatic carbocycles.